The topological polar surface area (TPSA) is 63.2 Å². The fraction of sp³-hybridized carbons (Fsp3) is 0.333. The van der Waals surface area contributed by atoms with Crippen molar-refractivity contribution in [1.29, 1.82) is 0 Å². The quantitative estimate of drug-likeness (QED) is 0.584. The smallest absolute Gasteiger partial charge is 0.234 e. The van der Waals surface area contributed by atoms with E-state index in [0.717, 1.165) is 36.8 Å². The van der Waals surface area contributed by atoms with Crippen molar-refractivity contribution in [3.8, 4) is 11.5 Å². The minimum Gasteiger partial charge on any atom is -0.497 e. The number of amidine groups is 1. The average Bonchev–Trinajstić information content (AvgIpc) is 3.26. The van der Waals surface area contributed by atoms with Crippen LogP contribution in [0, 0.1) is 0 Å². The molecule has 1 amide bonds. The second kappa shape index (κ2) is 10.0. The van der Waals surface area contributed by atoms with Gasteiger partial charge >= 0.3 is 0 Å². The van der Waals surface area contributed by atoms with Crippen LogP contribution in [0.5, 0.6) is 11.5 Å². The van der Waals surface area contributed by atoms with E-state index in [-0.39, 0.29) is 11.7 Å². The van der Waals surface area contributed by atoms with Crippen LogP contribution in [0.4, 0.5) is 11.4 Å². The third-order valence-corrected chi connectivity index (χ3v) is 5.38. The van der Waals surface area contributed by atoms with Gasteiger partial charge in [0.1, 0.15) is 11.5 Å². The molecule has 0 atom stereocenters. The van der Waals surface area contributed by atoms with Gasteiger partial charge in [0.25, 0.3) is 0 Å². The molecular weight excluding hydrogens is 374 g/mol. The van der Waals surface area contributed by atoms with Gasteiger partial charge in [-0.05, 0) is 37.1 Å². The molecule has 1 saturated heterocycles. The molecule has 1 fully saturated rings. The van der Waals surface area contributed by atoms with Gasteiger partial charge in [0, 0.05) is 19.2 Å². The predicted molar refractivity (Wildman–Crippen MR) is 115 cm³/mol. The third-order valence-electron chi connectivity index (χ3n) is 4.37. The molecule has 6 nitrogen and oxygen atoms in total. The van der Waals surface area contributed by atoms with E-state index in [1.807, 2.05) is 30.3 Å². The van der Waals surface area contributed by atoms with Crippen LogP contribution in [-0.4, -0.2) is 49.0 Å². The number of methoxy groups -OCH3 is 2. The molecule has 1 aliphatic heterocycles. The Morgan fingerprint density at radius 1 is 1.11 bits per heavy atom. The first-order valence-electron chi connectivity index (χ1n) is 9.23. The van der Waals surface area contributed by atoms with E-state index in [2.05, 4.69) is 10.2 Å². The van der Waals surface area contributed by atoms with Crippen molar-refractivity contribution in [3.63, 3.8) is 0 Å². The summed E-state index contributed by atoms with van der Waals surface area (Å²) in [5.74, 6) is 1.41. The fourth-order valence-electron chi connectivity index (χ4n) is 2.94. The Bertz CT molecular complexity index is 821. The zero-order chi connectivity index (χ0) is 19.8. The summed E-state index contributed by atoms with van der Waals surface area (Å²) in [6.45, 7) is 1.95. The fourth-order valence-corrected chi connectivity index (χ4v) is 3.81. The normalized spacial score (nSPS) is 14.1. The molecule has 0 radical (unpaired) electrons. The minimum atomic E-state index is -0.114. The molecule has 148 valence electrons. The highest BCUT2D eigenvalue weighted by Crippen LogP contribution is 2.29. The van der Waals surface area contributed by atoms with Gasteiger partial charge in [-0.3, -0.25) is 4.79 Å². The maximum absolute atomic E-state index is 12.6. The number of likely N-dealkylation sites (tertiary alicyclic amines) is 1. The maximum Gasteiger partial charge on any atom is 0.234 e. The van der Waals surface area contributed by atoms with Crippen molar-refractivity contribution in [2.24, 2.45) is 4.99 Å². The second-order valence-electron chi connectivity index (χ2n) is 6.33. The molecule has 7 heteroatoms. The zero-order valence-corrected chi connectivity index (χ0v) is 17.0. The molecule has 0 aromatic heterocycles. The Morgan fingerprint density at radius 3 is 2.54 bits per heavy atom. The number of para-hydroxylation sites is 1. The summed E-state index contributed by atoms with van der Waals surface area (Å²) in [5.41, 5.74) is 1.49. The van der Waals surface area contributed by atoms with Gasteiger partial charge in [0.2, 0.25) is 5.91 Å². The molecule has 1 N–H and O–H groups in total. The van der Waals surface area contributed by atoms with E-state index in [4.69, 9.17) is 14.5 Å². The van der Waals surface area contributed by atoms with Crippen LogP contribution in [0.15, 0.2) is 53.5 Å². The summed E-state index contributed by atoms with van der Waals surface area (Å²) in [5, 5.41) is 3.79. The van der Waals surface area contributed by atoms with Gasteiger partial charge in [-0.15, -0.1) is 0 Å². The van der Waals surface area contributed by atoms with E-state index in [1.54, 1.807) is 32.4 Å². The van der Waals surface area contributed by atoms with Gasteiger partial charge in [0.05, 0.1) is 31.3 Å². The average molecular weight is 400 g/mol. The van der Waals surface area contributed by atoms with Crippen molar-refractivity contribution < 1.29 is 14.3 Å². The highest BCUT2D eigenvalue weighted by atomic mass is 32.2. The molecule has 0 unspecified atom stereocenters. The van der Waals surface area contributed by atoms with Gasteiger partial charge in [0.15, 0.2) is 5.17 Å². The largest absolute Gasteiger partial charge is 0.497 e. The number of benzene rings is 2. The van der Waals surface area contributed by atoms with Crippen molar-refractivity contribution in [2.75, 3.05) is 38.4 Å². The summed E-state index contributed by atoms with van der Waals surface area (Å²) in [4.78, 5) is 19.6. The van der Waals surface area contributed by atoms with Crippen molar-refractivity contribution in [2.45, 2.75) is 12.8 Å². The second-order valence-corrected chi connectivity index (χ2v) is 7.27. The first kappa shape index (κ1) is 20.1. The van der Waals surface area contributed by atoms with Gasteiger partial charge in [-0.1, -0.05) is 30.0 Å². The van der Waals surface area contributed by atoms with E-state index < -0.39 is 0 Å². The summed E-state index contributed by atoms with van der Waals surface area (Å²) < 4.78 is 10.6. The van der Waals surface area contributed by atoms with E-state index >= 15 is 0 Å². The highest BCUT2D eigenvalue weighted by molar-refractivity contribution is 8.14. The number of carbonyl (C=O) groups excluding carboxylic acids is 1. The van der Waals surface area contributed by atoms with Crippen LogP contribution in [0.25, 0.3) is 0 Å². The van der Waals surface area contributed by atoms with Crippen LogP contribution in [-0.2, 0) is 4.79 Å². The van der Waals surface area contributed by atoms with Crippen LogP contribution < -0.4 is 14.8 Å². The molecule has 1 heterocycles. The number of thioether (sulfide) groups is 1. The number of rotatable bonds is 6. The van der Waals surface area contributed by atoms with Crippen molar-refractivity contribution >= 4 is 34.2 Å². The lowest BCUT2D eigenvalue weighted by atomic mass is 10.2. The molecule has 2 aromatic rings. The molecule has 0 aliphatic carbocycles. The molecule has 2 aromatic carbocycles. The number of ether oxygens (including phenoxy) is 2. The number of carbonyl (C=O) groups is 1. The summed E-state index contributed by atoms with van der Waals surface area (Å²) in [6, 6.07) is 15.2. The lowest BCUT2D eigenvalue weighted by Crippen LogP contribution is -2.27. The number of aliphatic imine (C=N–C) groups is 1. The maximum atomic E-state index is 12.6. The SMILES string of the molecule is COc1ccc(OC)c(NC(=O)CSC(=Nc2ccccc2)N2CCCC2)c1. The standard InChI is InChI=1S/C21H25N3O3S/c1-26-17-10-11-19(27-2)18(14-17)23-20(25)15-28-21(24-12-6-7-13-24)22-16-8-4-3-5-9-16/h3-5,8-11,14H,6-7,12-13,15H2,1-2H3,(H,23,25). The lowest BCUT2D eigenvalue weighted by molar-refractivity contribution is -0.113. The highest BCUT2D eigenvalue weighted by Gasteiger charge is 2.19. The Morgan fingerprint density at radius 2 is 1.86 bits per heavy atom. The van der Waals surface area contributed by atoms with Crippen LogP contribution in [0.2, 0.25) is 0 Å². The zero-order valence-electron chi connectivity index (χ0n) is 16.2. The van der Waals surface area contributed by atoms with Crippen LogP contribution >= 0.6 is 11.8 Å². The minimum absolute atomic E-state index is 0.114. The van der Waals surface area contributed by atoms with Gasteiger partial charge < -0.3 is 19.7 Å². The molecule has 0 bridgehead atoms. The Hall–Kier alpha value is -2.67. The summed E-state index contributed by atoms with van der Waals surface area (Å²) >= 11 is 1.46. The molecule has 28 heavy (non-hydrogen) atoms. The lowest BCUT2D eigenvalue weighted by Gasteiger charge is -2.19. The number of anilines is 1. The van der Waals surface area contributed by atoms with Gasteiger partial charge in [-0.2, -0.15) is 0 Å². The van der Waals surface area contributed by atoms with Crippen molar-refractivity contribution in [3.05, 3.63) is 48.5 Å². The first-order valence-corrected chi connectivity index (χ1v) is 10.2. The molecule has 3 rings (SSSR count). The summed E-state index contributed by atoms with van der Waals surface area (Å²) in [7, 11) is 3.16. The van der Waals surface area contributed by atoms with Gasteiger partial charge in [-0.25, -0.2) is 4.99 Å². The monoisotopic (exact) mass is 399 g/mol. The van der Waals surface area contributed by atoms with E-state index in [1.165, 1.54) is 11.8 Å². The number of amides is 1. The number of nitrogens with one attached hydrogen (secondary N) is 1. The molecular formula is C21H25N3O3S. The Balaban J connectivity index is 1.68. The first-order chi connectivity index (χ1) is 13.7. The summed E-state index contributed by atoms with van der Waals surface area (Å²) in [6.07, 6.45) is 2.31. The molecule has 1 aliphatic rings. The Kier molecular flexibility index (Phi) is 7.19. The van der Waals surface area contributed by atoms with E-state index in [0.29, 0.717) is 17.2 Å². The Labute approximate surface area is 169 Å². The predicted octanol–water partition coefficient (Wildman–Crippen LogP) is 4.16. The number of hydrogen-bond donors (Lipinski definition) is 1. The van der Waals surface area contributed by atoms with Crippen LogP contribution in [0.3, 0.4) is 0 Å². The van der Waals surface area contributed by atoms with Crippen LogP contribution in [0.1, 0.15) is 12.8 Å². The molecule has 0 spiro atoms. The van der Waals surface area contributed by atoms with E-state index in [9.17, 15) is 4.79 Å². The van der Waals surface area contributed by atoms with Crippen molar-refractivity contribution in [1.82, 2.24) is 4.90 Å². The number of hydrogen-bond acceptors (Lipinski definition) is 5. The molecule has 0 saturated carbocycles. The number of nitrogens with zero attached hydrogens (tertiary/aromatic N) is 2. The third kappa shape index (κ3) is 5.42.